The van der Waals surface area contributed by atoms with E-state index < -0.39 is 54.3 Å². The monoisotopic (exact) mass is 579 g/mol. The number of amides is 1. The molecule has 2 rings (SSSR count). The van der Waals surface area contributed by atoms with E-state index in [-0.39, 0.29) is 47.0 Å². The van der Waals surface area contributed by atoms with Crippen molar-refractivity contribution in [1.82, 2.24) is 4.90 Å². The molecule has 0 aliphatic carbocycles. The number of hydrogen-bond acceptors (Lipinski definition) is 12. The number of rotatable bonds is 11. The standard InChI is InChI=1S/C25H31N3O11.C2H6/c1-14(2)39-24(31)21-16(4)27(25(32)38-13-37-19(29)12-26)15(3)20(23(30)36-10-9-35-5)22(21)17-7-6-8-18(11-17)28(33)34;1-2/h6-8,11,14,22H,9-10,12-13,26H2,1-5H3;1-2H3. The van der Waals surface area contributed by atoms with E-state index in [1.165, 1.54) is 45.2 Å². The van der Waals surface area contributed by atoms with Crippen molar-refractivity contribution < 1.29 is 47.8 Å². The van der Waals surface area contributed by atoms with Gasteiger partial charge in [-0.05, 0) is 33.3 Å². The first kappa shape index (κ1) is 34.7. The number of nitrogens with zero attached hydrogens (tertiary/aromatic N) is 2. The number of nitro benzene ring substituents is 1. The molecule has 0 saturated heterocycles. The van der Waals surface area contributed by atoms with E-state index in [1.807, 2.05) is 13.8 Å². The third-order valence-electron chi connectivity index (χ3n) is 5.50. The van der Waals surface area contributed by atoms with Gasteiger partial charge in [-0.15, -0.1) is 0 Å². The van der Waals surface area contributed by atoms with Crippen molar-refractivity contribution in [3.05, 3.63) is 62.5 Å². The highest BCUT2D eigenvalue weighted by Crippen LogP contribution is 2.44. The summed E-state index contributed by atoms with van der Waals surface area (Å²) in [5.41, 5.74) is 4.83. The predicted octanol–water partition coefficient (Wildman–Crippen LogP) is 3.31. The van der Waals surface area contributed by atoms with Gasteiger partial charge in [0.1, 0.15) is 6.61 Å². The summed E-state index contributed by atoms with van der Waals surface area (Å²) >= 11 is 0. The van der Waals surface area contributed by atoms with Crippen LogP contribution in [-0.2, 0) is 38.1 Å². The molecule has 1 aromatic rings. The van der Waals surface area contributed by atoms with Crippen molar-refractivity contribution in [3.63, 3.8) is 0 Å². The quantitative estimate of drug-likeness (QED) is 0.101. The zero-order valence-electron chi connectivity index (χ0n) is 24.3. The molecule has 1 aromatic carbocycles. The van der Waals surface area contributed by atoms with Gasteiger partial charge in [-0.1, -0.05) is 26.0 Å². The van der Waals surface area contributed by atoms with E-state index in [2.05, 4.69) is 4.74 Å². The smallest absolute Gasteiger partial charge is 0.421 e. The molecule has 1 heterocycles. The van der Waals surface area contributed by atoms with E-state index >= 15 is 0 Å². The molecule has 226 valence electrons. The Morgan fingerprint density at radius 3 is 2.15 bits per heavy atom. The molecule has 1 aliphatic rings. The molecule has 1 atom stereocenters. The average Bonchev–Trinajstić information content (AvgIpc) is 2.93. The Kier molecular flexibility index (Phi) is 14.2. The van der Waals surface area contributed by atoms with Crippen molar-refractivity contribution >= 4 is 29.7 Å². The van der Waals surface area contributed by atoms with Crippen LogP contribution in [-0.4, -0.2) is 73.6 Å². The van der Waals surface area contributed by atoms with Crippen molar-refractivity contribution in [2.24, 2.45) is 5.73 Å². The Bertz CT molecular complexity index is 1190. The molecule has 41 heavy (non-hydrogen) atoms. The first-order valence-electron chi connectivity index (χ1n) is 12.8. The van der Waals surface area contributed by atoms with E-state index in [9.17, 15) is 29.3 Å². The lowest BCUT2D eigenvalue weighted by molar-refractivity contribution is -0.384. The number of carbonyl (C=O) groups is 4. The number of hydrogen-bond donors (Lipinski definition) is 1. The zero-order valence-corrected chi connectivity index (χ0v) is 24.3. The number of esters is 3. The fourth-order valence-corrected chi connectivity index (χ4v) is 3.85. The molecule has 0 spiro atoms. The highest BCUT2D eigenvalue weighted by Gasteiger charge is 2.43. The fraction of sp³-hybridized carbons (Fsp3) is 0.481. The van der Waals surface area contributed by atoms with Gasteiger partial charge in [-0.2, -0.15) is 0 Å². The van der Waals surface area contributed by atoms with Gasteiger partial charge in [0, 0.05) is 30.6 Å². The van der Waals surface area contributed by atoms with Gasteiger partial charge in [0.25, 0.3) is 5.69 Å². The first-order chi connectivity index (χ1) is 19.4. The SMILES string of the molecule is CC.COCCOC(=O)C1=C(C)N(C(=O)OCOC(=O)CN)C(C)=C(C(=O)OC(C)C)C1c1cccc([N+](=O)[O-])c1. The summed E-state index contributed by atoms with van der Waals surface area (Å²) in [4.78, 5) is 63.0. The average molecular weight is 580 g/mol. The van der Waals surface area contributed by atoms with Crippen LogP contribution in [0.4, 0.5) is 10.5 Å². The number of nitro groups is 1. The van der Waals surface area contributed by atoms with E-state index in [4.69, 9.17) is 24.7 Å². The Morgan fingerprint density at radius 1 is 1.00 bits per heavy atom. The summed E-state index contributed by atoms with van der Waals surface area (Å²) in [7, 11) is 1.41. The molecular formula is C27H37N3O11. The van der Waals surface area contributed by atoms with E-state index in [1.54, 1.807) is 13.8 Å². The highest BCUT2D eigenvalue weighted by atomic mass is 16.7. The number of non-ortho nitro benzene ring substituents is 1. The number of ether oxygens (including phenoxy) is 5. The molecule has 1 unspecified atom stereocenters. The number of methoxy groups -OCH3 is 1. The fourth-order valence-electron chi connectivity index (χ4n) is 3.85. The molecule has 2 N–H and O–H groups in total. The lowest BCUT2D eigenvalue weighted by Gasteiger charge is -2.36. The second-order valence-corrected chi connectivity index (χ2v) is 8.45. The second kappa shape index (κ2) is 16.7. The molecule has 14 heteroatoms. The van der Waals surface area contributed by atoms with Gasteiger partial charge in [0.15, 0.2) is 0 Å². The van der Waals surface area contributed by atoms with Crippen LogP contribution in [0.15, 0.2) is 46.8 Å². The van der Waals surface area contributed by atoms with Crippen LogP contribution in [0.25, 0.3) is 0 Å². The summed E-state index contributed by atoms with van der Waals surface area (Å²) in [6.07, 6.45) is -1.66. The summed E-state index contributed by atoms with van der Waals surface area (Å²) in [5.74, 6) is -3.81. The number of allylic oxidation sites excluding steroid dienone is 2. The highest BCUT2D eigenvalue weighted by molar-refractivity contribution is 6.01. The van der Waals surface area contributed by atoms with Gasteiger partial charge >= 0.3 is 24.0 Å². The Balaban J connectivity index is 0.00000411. The van der Waals surface area contributed by atoms with Crippen molar-refractivity contribution in [1.29, 1.82) is 0 Å². The number of benzene rings is 1. The van der Waals surface area contributed by atoms with Gasteiger partial charge in [-0.3, -0.25) is 19.8 Å². The first-order valence-corrected chi connectivity index (χ1v) is 12.8. The minimum atomic E-state index is -1.20. The van der Waals surface area contributed by atoms with Gasteiger partial charge in [0.2, 0.25) is 6.79 Å². The molecule has 1 aliphatic heterocycles. The van der Waals surface area contributed by atoms with Gasteiger partial charge in [0.05, 0.1) is 41.2 Å². The normalized spacial score (nSPS) is 14.7. The Morgan fingerprint density at radius 2 is 1.61 bits per heavy atom. The maximum absolute atomic E-state index is 13.4. The summed E-state index contributed by atoms with van der Waals surface area (Å²) in [5, 5.41) is 11.5. The van der Waals surface area contributed by atoms with Crippen LogP contribution < -0.4 is 5.73 Å². The predicted molar refractivity (Wildman–Crippen MR) is 145 cm³/mol. The lowest BCUT2D eigenvalue weighted by atomic mass is 9.79. The van der Waals surface area contributed by atoms with Crippen LogP contribution in [0.1, 0.15) is 53.0 Å². The molecule has 0 aromatic heterocycles. The van der Waals surface area contributed by atoms with Crippen molar-refractivity contribution in [2.75, 3.05) is 33.7 Å². The third kappa shape index (κ3) is 9.11. The number of carbonyl (C=O) groups excluding carboxylic acids is 4. The summed E-state index contributed by atoms with van der Waals surface area (Å²) in [6, 6.07) is 5.39. The Labute approximate surface area is 238 Å². The third-order valence-corrected chi connectivity index (χ3v) is 5.50. The topological polar surface area (TPSA) is 187 Å². The lowest BCUT2D eigenvalue weighted by Crippen LogP contribution is -2.39. The van der Waals surface area contributed by atoms with Crippen LogP contribution in [0, 0.1) is 10.1 Å². The summed E-state index contributed by atoms with van der Waals surface area (Å²) in [6.45, 7) is 8.75. The molecule has 0 saturated carbocycles. The van der Waals surface area contributed by atoms with Crippen LogP contribution in [0.5, 0.6) is 0 Å². The molecule has 0 radical (unpaired) electrons. The van der Waals surface area contributed by atoms with Crippen molar-refractivity contribution in [3.8, 4) is 0 Å². The van der Waals surface area contributed by atoms with Crippen LogP contribution in [0.2, 0.25) is 0 Å². The minimum absolute atomic E-state index is 0.0164. The van der Waals surface area contributed by atoms with E-state index in [0.717, 1.165) is 4.90 Å². The Hall–Kier alpha value is -4.30. The van der Waals surface area contributed by atoms with Crippen LogP contribution >= 0.6 is 0 Å². The molecule has 0 fully saturated rings. The molecule has 1 amide bonds. The summed E-state index contributed by atoms with van der Waals surface area (Å²) < 4.78 is 25.4. The molecular weight excluding hydrogens is 542 g/mol. The van der Waals surface area contributed by atoms with Crippen LogP contribution in [0.3, 0.4) is 0 Å². The molecule has 0 bridgehead atoms. The number of nitrogens with two attached hydrogens (primary N) is 1. The molecule has 14 nitrogen and oxygen atoms in total. The zero-order chi connectivity index (χ0) is 31.3. The van der Waals surface area contributed by atoms with Gasteiger partial charge < -0.3 is 29.4 Å². The van der Waals surface area contributed by atoms with Crippen molar-refractivity contribution in [2.45, 2.75) is 53.6 Å². The second-order valence-electron chi connectivity index (χ2n) is 8.45. The largest absolute Gasteiger partial charge is 0.460 e. The maximum atomic E-state index is 13.4. The maximum Gasteiger partial charge on any atom is 0.421 e. The van der Waals surface area contributed by atoms with E-state index in [0.29, 0.717) is 0 Å². The minimum Gasteiger partial charge on any atom is -0.460 e. The van der Waals surface area contributed by atoms with Gasteiger partial charge in [-0.25, -0.2) is 14.4 Å².